The molecule has 4 heteroatoms. The number of hydrogen-bond acceptors (Lipinski definition) is 4. The van der Waals surface area contributed by atoms with Gasteiger partial charge in [-0.25, -0.2) is 0 Å². The van der Waals surface area contributed by atoms with E-state index in [1.165, 1.54) is 5.56 Å². The van der Waals surface area contributed by atoms with E-state index in [-0.39, 0.29) is 5.54 Å². The predicted octanol–water partition coefficient (Wildman–Crippen LogP) is 4.21. The fraction of sp³-hybridized carbons (Fsp3) is 0.294. The Balaban J connectivity index is 2.27. The summed E-state index contributed by atoms with van der Waals surface area (Å²) < 4.78 is 0. The van der Waals surface area contributed by atoms with Crippen molar-refractivity contribution in [2.75, 3.05) is 10.4 Å². The summed E-state index contributed by atoms with van der Waals surface area (Å²) in [6.07, 6.45) is 0. The van der Waals surface area contributed by atoms with Gasteiger partial charge in [-0.3, -0.25) is 15.6 Å². The van der Waals surface area contributed by atoms with Crippen molar-refractivity contribution < 1.29 is 5.21 Å². The largest absolute Gasteiger partial charge is 0.276 e. The van der Waals surface area contributed by atoms with Crippen LogP contribution in [0, 0.1) is 6.92 Å². The molecule has 0 radical (unpaired) electrons. The Hall–Kier alpha value is -2.04. The molecule has 0 saturated heterocycles. The lowest BCUT2D eigenvalue weighted by Gasteiger charge is -2.37. The molecular formula is C17H21N3O. The molecule has 1 aliphatic rings. The van der Waals surface area contributed by atoms with Gasteiger partial charge in [0.15, 0.2) is 0 Å². The first-order chi connectivity index (χ1) is 9.89. The van der Waals surface area contributed by atoms with E-state index in [1.807, 2.05) is 29.3 Å². The highest BCUT2D eigenvalue weighted by Gasteiger charge is 2.37. The van der Waals surface area contributed by atoms with E-state index in [0.29, 0.717) is 0 Å². The standard InChI is InChI=1S/C17H21N3O/c1-12-10-11-14-16(15(12)13-8-6-5-7-9-13)19(17(2,3)4)20(21)18-14/h5-11,18,21H,1-4H3. The van der Waals surface area contributed by atoms with Gasteiger partial charge < -0.3 is 0 Å². The van der Waals surface area contributed by atoms with Gasteiger partial charge in [-0.2, -0.15) is 0 Å². The van der Waals surface area contributed by atoms with Crippen molar-refractivity contribution in [1.29, 1.82) is 0 Å². The van der Waals surface area contributed by atoms with Crippen LogP contribution in [0.3, 0.4) is 0 Å². The molecule has 0 amide bonds. The zero-order valence-corrected chi connectivity index (χ0v) is 12.9. The summed E-state index contributed by atoms with van der Waals surface area (Å²) in [4.78, 5) is 0. The van der Waals surface area contributed by atoms with Crippen LogP contribution in [0.4, 0.5) is 11.4 Å². The molecule has 0 saturated carbocycles. The quantitative estimate of drug-likeness (QED) is 0.822. The van der Waals surface area contributed by atoms with Crippen LogP contribution in [0.25, 0.3) is 11.1 Å². The van der Waals surface area contributed by atoms with Gasteiger partial charge in [0.2, 0.25) is 0 Å². The van der Waals surface area contributed by atoms with Crippen LogP contribution in [-0.2, 0) is 0 Å². The molecule has 1 aliphatic heterocycles. The number of hydrogen-bond donors (Lipinski definition) is 2. The number of aryl methyl sites for hydroxylation is 1. The summed E-state index contributed by atoms with van der Waals surface area (Å²) >= 11 is 0. The number of anilines is 2. The molecule has 2 aromatic rings. The van der Waals surface area contributed by atoms with Crippen LogP contribution in [0.2, 0.25) is 0 Å². The Morgan fingerprint density at radius 1 is 1.00 bits per heavy atom. The Kier molecular flexibility index (Phi) is 3.15. The van der Waals surface area contributed by atoms with E-state index in [0.717, 1.165) is 27.8 Å². The van der Waals surface area contributed by atoms with Gasteiger partial charge >= 0.3 is 0 Å². The van der Waals surface area contributed by atoms with Crippen LogP contribution in [-0.4, -0.2) is 16.0 Å². The van der Waals surface area contributed by atoms with Gasteiger partial charge in [-0.05, 0) is 50.2 Å². The molecule has 0 atom stereocenters. The average molecular weight is 283 g/mol. The monoisotopic (exact) mass is 283 g/mol. The van der Waals surface area contributed by atoms with Gasteiger partial charge in [-0.1, -0.05) is 36.4 Å². The van der Waals surface area contributed by atoms with E-state index in [4.69, 9.17) is 0 Å². The summed E-state index contributed by atoms with van der Waals surface area (Å²) in [5.74, 6) is 0. The number of nitrogens with one attached hydrogen (secondary N) is 1. The molecule has 21 heavy (non-hydrogen) atoms. The van der Waals surface area contributed by atoms with Crippen molar-refractivity contribution in [1.82, 2.24) is 5.28 Å². The average Bonchev–Trinajstić information content (AvgIpc) is 2.75. The molecule has 0 aromatic heterocycles. The van der Waals surface area contributed by atoms with E-state index in [9.17, 15) is 5.21 Å². The third kappa shape index (κ3) is 2.26. The summed E-state index contributed by atoms with van der Waals surface area (Å²) in [5, 5.41) is 13.2. The zero-order chi connectivity index (χ0) is 15.2. The SMILES string of the molecule is Cc1ccc2c(c1-c1ccccc1)N(C(C)(C)C)N(O)N2. The third-order valence-corrected chi connectivity index (χ3v) is 3.71. The molecule has 3 rings (SSSR count). The van der Waals surface area contributed by atoms with E-state index >= 15 is 0 Å². The summed E-state index contributed by atoms with van der Waals surface area (Å²) in [6.45, 7) is 8.32. The van der Waals surface area contributed by atoms with Gasteiger partial charge in [0.1, 0.15) is 0 Å². The van der Waals surface area contributed by atoms with Crippen molar-refractivity contribution in [3.05, 3.63) is 48.0 Å². The topological polar surface area (TPSA) is 38.7 Å². The number of hydrazine groups is 2. The molecule has 0 fully saturated rings. The summed E-state index contributed by atoms with van der Waals surface area (Å²) in [6, 6.07) is 14.4. The number of rotatable bonds is 1. The first kappa shape index (κ1) is 13.9. The van der Waals surface area contributed by atoms with E-state index in [2.05, 4.69) is 51.3 Å². The molecule has 0 spiro atoms. The number of benzene rings is 2. The lowest BCUT2D eigenvalue weighted by Crippen LogP contribution is -2.50. The normalized spacial score (nSPS) is 15.0. The molecule has 0 aliphatic carbocycles. The van der Waals surface area contributed by atoms with Gasteiger partial charge in [0.25, 0.3) is 0 Å². The van der Waals surface area contributed by atoms with Crippen molar-refractivity contribution in [2.24, 2.45) is 0 Å². The molecule has 2 N–H and O–H groups in total. The summed E-state index contributed by atoms with van der Waals surface area (Å²) in [7, 11) is 0. The second-order valence-corrected chi connectivity index (χ2v) is 6.40. The van der Waals surface area contributed by atoms with Gasteiger partial charge in [0, 0.05) is 5.56 Å². The molecule has 4 nitrogen and oxygen atoms in total. The maximum Gasteiger partial charge on any atom is 0.0896 e. The van der Waals surface area contributed by atoms with Gasteiger partial charge in [0.05, 0.1) is 16.9 Å². The van der Waals surface area contributed by atoms with Crippen molar-refractivity contribution in [3.63, 3.8) is 0 Å². The maximum atomic E-state index is 10.3. The Labute approximate surface area is 125 Å². The van der Waals surface area contributed by atoms with Crippen LogP contribution >= 0.6 is 0 Å². The highest BCUT2D eigenvalue weighted by atomic mass is 16.6. The minimum Gasteiger partial charge on any atom is -0.276 e. The minimum absolute atomic E-state index is 0.246. The molecule has 0 bridgehead atoms. The van der Waals surface area contributed by atoms with Crippen molar-refractivity contribution in [3.8, 4) is 11.1 Å². The smallest absolute Gasteiger partial charge is 0.0896 e. The number of nitrogens with zero attached hydrogens (tertiary/aromatic N) is 2. The highest BCUT2D eigenvalue weighted by molar-refractivity contribution is 5.91. The molecular weight excluding hydrogens is 262 g/mol. The van der Waals surface area contributed by atoms with Crippen LogP contribution in [0.15, 0.2) is 42.5 Å². The van der Waals surface area contributed by atoms with E-state index in [1.54, 1.807) is 0 Å². The van der Waals surface area contributed by atoms with Crippen LogP contribution in [0.1, 0.15) is 26.3 Å². The summed E-state index contributed by atoms with van der Waals surface area (Å²) in [5.41, 5.74) is 8.17. The molecule has 0 unspecified atom stereocenters. The van der Waals surface area contributed by atoms with Crippen LogP contribution < -0.4 is 10.4 Å². The second kappa shape index (κ2) is 4.76. The minimum atomic E-state index is -0.246. The van der Waals surface area contributed by atoms with E-state index < -0.39 is 0 Å². The third-order valence-electron chi connectivity index (χ3n) is 3.71. The van der Waals surface area contributed by atoms with Crippen molar-refractivity contribution in [2.45, 2.75) is 33.2 Å². The Morgan fingerprint density at radius 2 is 1.67 bits per heavy atom. The van der Waals surface area contributed by atoms with Crippen LogP contribution in [0.5, 0.6) is 0 Å². The second-order valence-electron chi connectivity index (χ2n) is 6.40. The van der Waals surface area contributed by atoms with Crippen molar-refractivity contribution >= 4 is 11.4 Å². The first-order valence-corrected chi connectivity index (χ1v) is 7.14. The fourth-order valence-electron chi connectivity index (χ4n) is 2.84. The molecule has 1 heterocycles. The highest BCUT2D eigenvalue weighted by Crippen LogP contribution is 2.46. The number of fused-ring (bicyclic) bond motifs is 1. The first-order valence-electron chi connectivity index (χ1n) is 7.14. The lowest BCUT2D eigenvalue weighted by molar-refractivity contribution is -0.0853. The Morgan fingerprint density at radius 3 is 2.29 bits per heavy atom. The molecule has 2 aromatic carbocycles. The molecule has 110 valence electrons. The fourth-order valence-corrected chi connectivity index (χ4v) is 2.84. The maximum absolute atomic E-state index is 10.3. The zero-order valence-electron chi connectivity index (χ0n) is 12.9. The predicted molar refractivity (Wildman–Crippen MR) is 86.1 cm³/mol. The van der Waals surface area contributed by atoms with Gasteiger partial charge in [-0.15, -0.1) is 0 Å². The Bertz CT molecular complexity index is 662. The lowest BCUT2D eigenvalue weighted by atomic mass is 9.95.